The Kier molecular flexibility index (Phi) is 5.23. The van der Waals surface area contributed by atoms with Crippen molar-refractivity contribution in [2.45, 2.75) is 6.61 Å². The number of carbonyl (C=O) groups excluding carboxylic acids is 2. The van der Waals surface area contributed by atoms with Crippen LogP contribution in [0.15, 0.2) is 52.6 Å². The number of nitrogens with one attached hydrogen (secondary N) is 1. The second-order valence-corrected chi connectivity index (χ2v) is 5.56. The second kappa shape index (κ2) is 7.75. The molecular formula is C18H16N2O7. The molecule has 0 saturated carbocycles. The van der Waals surface area contributed by atoms with Crippen LogP contribution in [-0.4, -0.2) is 46.0 Å². The number of para-hydroxylation sites is 2. The molecule has 0 aliphatic carbocycles. The van der Waals surface area contributed by atoms with E-state index in [9.17, 15) is 14.4 Å². The first-order chi connectivity index (χ1) is 13.0. The Balaban J connectivity index is 1.71. The number of imide groups is 1. The van der Waals surface area contributed by atoms with Gasteiger partial charge in [0.05, 0.1) is 18.8 Å². The van der Waals surface area contributed by atoms with Crippen molar-refractivity contribution in [3.05, 3.63) is 59.7 Å². The van der Waals surface area contributed by atoms with Gasteiger partial charge in [-0.25, -0.2) is 4.79 Å². The number of ether oxygens (including phenoxy) is 1. The van der Waals surface area contributed by atoms with Crippen molar-refractivity contribution in [3.63, 3.8) is 0 Å². The third-order valence-electron chi connectivity index (χ3n) is 3.73. The lowest BCUT2D eigenvalue weighted by molar-refractivity contribution is -0.137. The molecule has 0 radical (unpaired) electrons. The largest absolute Gasteiger partial charge is 0.483 e. The number of nitrogens with zero attached hydrogens (tertiary/aromatic N) is 1. The number of anilines is 1. The minimum Gasteiger partial charge on any atom is -0.483 e. The van der Waals surface area contributed by atoms with Crippen molar-refractivity contribution in [3.8, 4) is 5.75 Å². The maximum atomic E-state index is 12.2. The lowest BCUT2D eigenvalue weighted by atomic mass is 10.2. The molecule has 0 spiro atoms. The Morgan fingerprint density at radius 2 is 1.96 bits per heavy atom. The van der Waals surface area contributed by atoms with Gasteiger partial charge in [0.15, 0.2) is 0 Å². The maximum absolute atomic E-state index is 12.2. The quantitative estimate of drug-likeness (QED) is 0.590. The van der Waals surface area contributed by atoms with Gasteiger partial charge in [-0.1, -0.05) is 12.1 Å². The number of carboxylic acid groups (broad SMARTS) is 1. The van der Waals surface area contributed by atoms with E-state index in [1.165, 1.54) is 12.1 Å². The third-order valence-corrected chi connectivity index (χ3v) is 3.73. The number of aliphatic hydroxyl groups excluding tert-OH is 1. The molecule has 0 atom stereocenters. The van der Waals surface area contributed by atoms with Crippen LogP contribution in [0.2, 0.25) is 0 Å². The van der Waals surface area contributed by atoms with E-state index in [1.54, 1.807) is 24.3 Å². The first-order valence-electron chi connectivity index (χ1n) is 7.99. The van der Waals surface area contributed by atoms with Crippen LogP contribution in [0.25, 0.3) is 0 Å². The van der Waals surface area contributed by atoms with Crippen LogP contribution in [0, 0.1) is 0 Å². The number of carbonyl (C=O) groups is 3. The van der Waals surface area contributed by atoms with Gasteiger partial charge in [0.25, 0.3) is 11.8 Å². The molecule has 2 heterocycles. The van der Waals surface area contributed by atoms with E-state index in [1.807, 2.05) is 0 Å². The summed E-state index contributed by atoms with van der Waals surface area (Å²) in [5.74, 6) is -1.71. The molecule has 1 aliphatic rings. The summed E-state index contributed by atoms with van der Waals surface area (Å²) >= 11 is 0. The summed E-state index contributed by atoms with van der Waals surface area (Å²) in [6.07, 6.45) is 1.15. The highest BCUT2D eigenvalue weighted by molar-refractivity contribution is 6.17. The van der Waals surface area contributed by atoms with Crippen LogP contribution in [-0.2, 0) is 16.2 Å². The highest BCUT2D eigenvalue weighted by atomic mass is 16.5. The molecule has 2 aromatic rings. The molecule has 3 rings (SSSR count). The van der Waals surface area contributed by atoms with E-state index in [4.69, 9.17) is 19.4 Å². The van der Waals surface area contributed by atoms with E-state index in [2.05, 4.69) is 5.32 Å². The van der Waals surface area contributed by atoms with E-state index >= 15 is 0 Å². The Morgan fingerprint density at radius 1 is 1.19 bits per heavy atom. The first-order valence-corrected chi connectivity index (χ1v) is 7.99. The monoisotopic (exact) mass is 372 g/mol. The summed E-state index contributed by atoms with van der Waals surface area (Å²) < 4.78 is 10.8. The van der Waals surface area contributed by atoms with Crippen molar-refractivity contribution < 1.29 is 33.8 Å². The van der Waals surface area contributed by atoms with Gasteiger partial charge in [0, 0.05) is 6.08 Å². The topological polar surface area (TPSA) is 129 Å². The molecule has 27 heavy (non-hydrogen) atoms. The van der Waals surface area contributed by atoms with Crippen molar-refractivity contribution in [1.82, 2.24) is 4.90 Å². The summed E-state index contributed by atoms with van der Waals surface area (Å²) in [6.45, 7) is -0.420. The number of aliphatic hydroxyl groups is 1. The van der Waals surface area contributed by atoms with Crippen LogP contribution < -0.4 is 10.1 Å². The summed E-state index contributed by atoms with van der Waals surface area (Å²) in [5, 5.41) is 20.7. The van der Waals surface area contributed by atoms with Gasteiger partial charge in [0.1, 0.15) is 23.8 Å². The van der Waals surface area contributed by atoms with Gasteiger partial charge in [-0.2, -0.15) is 0 Å². The number of benzene rings is 1. The zero-order valence-corrected chi connectivity index (χ0v) is 14.0. The number of amides is 2. The number of aromatic carboxylic acids is 1. The normalized spacial score (nSPS) is 13.7. The number of furan rings is 1. The zero-order valence-electron chi connectivity index (χ0n) is 14.0. The molecule has 9 nitrogen and oxygen atoms in total. The van der Waals surface area contributed by atoms with Gasteiger partial charge < -0.3 is 24.7 Å². The second-order valence-electron chi connectivity index (χ2n) is 5.56. The van der Waals surface area contributed by atoms with Gasteiger partial charge in [0.2, 0.25) is 5.76 Å². The number of hydrogen-bond donors (Lipinski definition) is 3. The molecule has 0 saturated heterocycles. The van der Waals surface area contributed by atoms with Crippen LogP contribution in [0.4, 0.5) is 5.69 Å². The number of carboxylic acids is 1. The number of hydrogen-bond acceptors (Lipinski definition) is 7. The maximum Gasteiger partial charge on any atom is 0.371 e. The molecule has 9 heteroatoms. The first kappa shape index (κ1) is 18.2. The Morgan fingerprint density at radius 3 is 2.67 bits per heavy atom. The van der Waals surface area contributed by atoms with E-state index < -0.39 is 17.8 Å². The SMILES string of the molecule is O=C(O)c1ccc(COc2ccccc2NC2=CC(=O)N(CCO)C2=O)o1. The molecule has 0 bridgehead atoms. The molecule has 1 aromatic carbocycles. The molecule has 0 unspecified atom stereocenters. The smallest absolute Gasteiger partial charge is 0.371 e. The highest BCUT2D eigenvalue weighted by Crippen LogP contribution is 2.28. The molecule has 140 valence electrons. The van der Waals surface area contributed by atoms with Crippen LogP contribution in [0.1, 0.15) is 16.3 Å². The Labute approximate surface area is 153 Å². The minimum atomic E-state index is -1.17. The van der Waals surface area contributed by atoms with Gasteiger partial charge >= 0.3 is 5.97 Å². The lowest BCUT2D eigenvalue weighted by Gasteiger charge is -2.15. The fourth-order valence-electron chi connectivity index (χ4n) is 2.47. The molecule has 0 fully saturated rings. The molecule has 1 aliphatic heterocycles. The van der Waals surface area contributed by atoms with Crippen molar-refractivity contribution in [1.29, 1.82) is 0 Å². The predicted molar refractivity (Wildman–Crippen MR) is 92.0 cm³/mol. The minimum absolute atomic E-state index is 0.0193. The molecule has 3 N–H and O–H groups in total. The van der Waals surface area contributed by atoms with Gasteiger partial charge in [-0.05, 0) is 24.3 Å². The average Bonchev–Trinajstić information content (AvgIpc) is 3.22. The fraction of sp³-hybridized carbons (Fsp3) is 0.167. The van der Waals surface area contributed by atoms with E-state index in [-0.39, 0.29) is 31.2 Å². The summed E-state index contributed by atoms with van der Waals surface area (Å²) in [6, 6.07) is 9.57. The summed E-state index contributed by atoms with van der Waals surface area (Å²) in [4.78, 5) is 35.8. The van der Waals surface area contributed by atoms with E-state index in [0.717, 1.165) is 11.0 Å². The summed E-state index contributed by atoms with van der Waals surface area (Å²) in [5.41, 5.74) is 0.511. The van der Waals surface area contributed by atoms with Crippen molar-refractivity contribution in [2.75, 3.05) is 18.5 Å². The van der Waals surface area contributed by atoms with E-state index in [0.29, 0.717) is 17.2 Å². The van der Waals surface area contributed by atoms with Crippen LogP contribution >= 0.6 is 0 Å². The standard InChI is InChI=1S/C18H16N2O7/c21-8-7-20-16(22)9-13(17(20)23)19-12-3-1-2-4-14(12)26-10-11-5-6-15(27-11)18(24)25/h1-6,9,19,21H,7-8,10H2,(H,24,25). The van der Waals surface area contributed by atoms with Crippen LogP contribution in [0.5, 0.6) is 5.75 Å². The van der Waals surface area contributed by atoms with Gasteiger partial charge in [-0.15, -0.1) is 0 Å². The van der Waals surface area contributed by atoms with Crippen molar-refractivity contribution >= 4 is 23.5 Å². The highest BCUT2D eigenvalue weighted by Gasteiger charge is 2.31. The molecule has 2 amide bonds. The molecular weight excluding hydrogens is 356 g/mol. The Hall–Kier alpha value is -3.59. The number of β-amino-alcohol motifs (C(OH)–C–C–N with tert-alkyl or cyclic N) is 1. The number of rotatable bonds is 8. The molecule has 1 aromatic heterocycles. The fourth-order valence-corrected chi connectivity index (χ4v) is 2.47. The zero-order chi connectivity index (χ0) is 19.4. The van der Waals surface area contributed by atoms with Gasteiger partial charge in [-0.3, -0.25) is 14.5 Å². The third kappa shape index (κ3) is 3.98. The average molecular weight is 372 g/mol. The predicted octanol–water partition coefficient (Wildman–Crippen LogP) is 1.21. The Bertz CT molecular complexity index is 916. The van der Waals surface area contributed by atoms with Crippen LogP contribution in [0.3, 0.4) is 0 Å². The lowest BCUT2D eigenvalue weighted by Crippen LogP contribution is -2.34. The van der Waals surface area contributed by atoms with Crippen molar-refractivity contribution in [2.24, 2.45) is 0 Å². The summed E-state index contributed by atoms with van der Waals surface area (Å²) in [7, 11) is 0.